The Balaban J connectivity index is 2.69. The second kappa shape index (κ2) is 8.68. The summed E-state index contributed by atoms with van der Waals surface area (Å²) in [5, 5.41) is 0. The van der Waals surface area contributed by atoms with Crippen LogP contribution in [0.1, 0.15) is 21.7 Å². The standard InChI is InChI=1S/C13H20BrNO3S/c1-10-9-11(19-12(10)14)13(16)15(6-8-18-3)5-4-7-17-2/h9H,4-8H2,1-3H3. The average molecular weight is 350 g/mol. The molecule has 1 amide bonds. The van der Waals surface area contributed by atoms with Crippen molar-refractivity contribution in [2.45, 2.75) is 13.3 Å². The highest BCUT2D eigenvalue weighted by molar-refractivity contribution is 9.11. The van der Waals surface area contributed by atoms with Crippen LogP contribution in [0, 0.1) is 6.92 Å². The highest BCUT2D eigenvalue weighted by Crippen LogP contribution is 2.28. The lowest BCUT2D eigenvalue weighted by Crippen LogP contribution is -2.34. The molecule has 0 radical (unpaired) electrons. The number of hydrogen-bond donors (Lipinski definition) is 0. The molecule has 1 aromatic rings. The topological polar surface area (TPSA) is 38.8 Å². The summed E-state index contributed by atoms with van der Waals surface area (Å²) in [5.74, 6) is 0.0620. The maximum absolute atomic E-state index is 12.4. The first kappa shape index (κ1) is 16.6. The number of amides is 1. The molecule has 1 aromatic heterocycles. The Labute approximate surface area is 126 Å². The lowest BCUT2D eigenvalue weighted by molar-refractivity contribution is 0.0679. The first-order valence-electron chi connectivity index (χ1n) is 6.13. The van der Waals surface area contributed by atoms with Gasteiger partial charge in [-0.3, -0.25) is 4.79 Å². The molecule has 0 N–H and O–H groups in total. The van der Waals surface area contributed by atoms with Gasteiger partial charge in [-0.25, -0.2) is 0 Å². The number of carbonyl (C=O) groups excluding carboxylic acids is 1. The van der Waals surface area contributed by atoms with E-state index in [0.29, 0.717) is 26.3 Å². The molecule has 108 valence electrons. The zero-order chi connectivity index (χ0) is 14.3. The zero-order valence-corrected chi connectivity index (χ0v) is 14.0. The number of ether oxygens (including phenoxy) is 2. The molecule has 1 heterocycles. The third kappa shape index (κ3) is 5.22. The SMILES string of the molecule is COCCCN(CCOC)C(=O)c1cc(C)c(Br)s1. The van der Waals surface area contributed by atoms with Gasteiger partial charge >= 0.3 is 0 Å². The van der Waals surface area contributed by atoms with E-state index >= 15 is 0 Å². The summed E-state index contributed by atoms with van der Waals surface area (Å²) in [5.41, 5.74) is 1.09. The van der Waals surface area contributed by atoms with Crippen LogP contribution >= 0.6 is 27.3 Å². The number of thiophene rings is 1. The van der Waals surface area contributed by atoms with Gasteiger partial charge in [0, 0.05) is 33.9 Å². The Morgan fingerprint density at radius 2 is 2.00 bits per heavy atom. The van der Waals surface area contributed by atoms with E-state index in [1.54, 1.807) is 14.2 Å². The van der Waals surface area contributed by atoms with Gasteiger partial charge in [0.05, 0.1) is 15.3 Å². The molecule has 1 rings (SSSR count). The maximum Gasteiger partial charge on any atom is 0.264 e. The normalized spacial score (nSPS) is 10.7. The number of methoxy groups -OCH3 is 2. The Morgan fingerprint density at radius 3 is 2.53 bits per heavy atom. The van der Waals surface area contributed by atoms with E-state index in [4.69, 9.17) is 9.47 Å². The van der Waals surface area contributed by atoms with Gasteiger partial charge in [-0.05, 0) is 40.9 Å². The number of nitrogens with zero attached hydrogens (tertiary/aromatic N) is 1. The van der Waals surface area contributed by atoms with E-state index in [0.717, 1.165) is 20.6 Å². The molecule has 0 atom stereocenters. The molecule has 0 spiro atoms. The third-order valence-corrected chi connectivity index (χ3v) is 4.82. The predicted octanol–water partition coefficient (Wildman–Crippen LogP) is 2.94. The minimum absolute atomic E-state index is 0.0620. The molecule has 19 heavy (non-hydrogen) atoms. The van der Waals surface area contributed by atoms with Crippen molar-refractivity contribution in [1.82, 2.24) is 4.90 Å². The van der Waals surface area contributed by atoms with Gasteiger partial charge in [0.2, 0.25) is 0 Å². The van der Waals surface area contributed by atoms with Gasteiger partial charge in [-0.2, -0.15) is 0 Å². The molecule has 0 aliphatic heterocycles. The number of rotatable bonds is 8. The van der Waals surface area contributed by atoms with Gasteiger partial charge in [-0.1, -0.05) is 0 Å². The van der Waals surface area contributed by atoms with Crippen molar-refractivity contribution in [3.8, 4) is 0 Å². The minimum Gasteiger partial charge on any atom is -0.385 e. The minimum atomic E-state index is 0.0620. The van der Waals surface area contributed by atoms with Crippen molar-refractivity contribution >= 4 is 33.2 Å². The lowest BCUT2D eigenvalue weighted by atomic mass is 10.3. The molecular weight excluding hydrogens is 330 g/mol. The lowest BCUT2D eigenvalue weighted by Gasteiger charge is -2.21. The molecule has 0 saturated heterocycles. The third-order valence-electron chi connectivity index (χ3n) is 2.70. The van der Waals surface area contributed by atoms with Crippen molar-refractivity contribution < 1.29 is 14.3 Å². The van der Waals surface area contributed by atoms with Crippen molar-refractivity contribution in [2.75, 3.05) is 40.5 Å². The van der Waals surface area contributed by atoms with Crippen molar-refractivity contribution in [3.63, 3.8) is 0 Å². The summed E-state index contributed by atoms with van der Waals surface area (Å²) < 4.78 is 11.1. The van der Waals surface area contributed by atoms with E-state index in [-0.39, 0.29) is 5.91 Å². The second-order valence-corrected chi connectivity index (χ2v) is 6.57. The number of hydrogen-bond acceptors (Lipinski definition) is 4. The molecule has 0 aromatic carbocycles. The van der Waals surface area contributed by atoms with E-state index in [9.17, 15) is 4.79 Å². The van der Waals surface area contributed by atoms with Crippen LogP contribution < -0.4 is 0 Å². The molecule has 4 nitrogen and oxygen atoms in total. The summed E-state index contributed by atoms with van der Waals surface area (Å²) >= 11 is 4.93. The molecule has 0 bridgehead atoms. The molecular formula is C13H20BrNO3S. The number of halogens is 1. The quantitative estimate of drug-likeness (QED) is 0.677. The second-order valence-electron chi connectivity index (χ2n) is 4.20. The zero-order valence-electron chi connectivity index (χ0n) is 11.6. The highest BCUT2D eigenvalue weighted by Gasteiger charge is 2.18. The largest absolute Gasteiger partial charge is 0.385 e. The van der Waals surface area contributed by atoms with Gasteiger partial charge in [0.1, 0.15) is 0 Å². The van der Waals surface area contributed by atoms with Crippen LogP contribution in [0.3, 0.4) is 0 Å². The molecule has 0 unspecified atom stereocenters. The monoisotopic (exact) mass is 349 g/mol. The van der Waals surface area contributed by atoms with Crippen LogP contribution in [0.5, 0.6) is 0 Å². The molecule has 0 saturated carbocycles. The van der Waals surface area contributed by atoms with E-state index < -0.39 is 0 Å². The van der Waals surface area contributed by atoms with Crippen LogP contribution in [0.25, 0.3) is 0 Å². The summed E-state index contributed by atoms with van der Waals surface area (Å²) in [6.45, 7) is 4.48. The van der Waals surface area contributed by atoms with Crippen molar-refractivity contribution in [1.29, 1.82) is 0 Å². The number of carbonyl (C=O) groups is 1. The molecule has 6 heteroatoms. The van der Waals surface area contributed by atoms with E-state index in [1.165, 1.54) is 11.3 Å². The Morgan fingerprint density at radius 1 is 1.32 bits per heavy atom. The first-order chi connectivity index (χ1) is 9.10. The fourth-order valence-corrected chi connectivity index (χ4v) is 3.14. The summed E-state index contributed by atoms with van der Waals surface area (Å²) in [4.78, 5) is 15.0. The predicted molar refractivity (Wildman–Crippen MR) is 81.0 cm³/mol. The van der Waals surface area contributed by atoms with Crippen LogP contribution in [0.15, 0.2) is 9.85 Å². The van der Waals surface area contributed by atoms with E-state index in [1.807, 2.05) is 17.9 Å². The Hall–Kier alpha value is -0.430. The number of aryl methyl sites for hydroxylation is 1. The highest BCUT2D eigenvalue weighted by atomic mass is 79.9. The van der Waals surface area contributed by atoms with Gasteiger partial charge in [0.15, 0.2) is 0 Å². The van der Waals surface area contributed by atoms with Crippen LogP contribution in [0.4, 0.5) is 0 Å². The Bertz CT molecular complexity index is 389. The molecule has 0 aliphatic carbocycles. The van der Waals surface area contributed by atoms with Crippen LogP contribution in [-0.4, -0.2) is 51.3 Å². The van der Waals surface area contributed by atoms with E-state index in [2.05, 4.69) is 15.9 Å². The van der Waals surface area contributed by atoms with Crippen molar-refractivity contribution in [2.24, 2.45) is 0 Å². The fraction of sp³-hybridized carbons (Fsp3) is 0.615. The van der Waals surface area contributed by atoms with Crippen LogP contribution in [0.2, 0.25) is 0 Å². The molecule has 0 aliphatic rings. The summed E-state index contributed by atoms with van der Waals surface area (Å²) in [6.07, 6.45) is 0.831. The smallest absolute Gasteiger partial charge is 0.264 e. The maximum atomic E-state index is 12.4. The average Bonchev–Trinajstić information content (AvgIpc) is 2.73. The van der Waals surface area contributed by atoms with Gasteiger partial charge < -0.3 is 14.4 Å². The fourth-order valence-electron chi connectivity index (χ4n) is 1.64. The first-order valence-corrected chi connectivity index (χ1v) is 7.74. The van der Waals surface area contributed by atoms with Crippen molar-refractivity contribution in [3.05, 3.63) is 20.3 Å². The summed E-state index contributed by atoms with van der Waals surface area (Å²) in [6, 6.07) is 1.92. The van der Waals surface area contributed by atoms with Gasteiger partial charge in [0.25, 0.3) is 5.91 Å². The van der Waals surface area contributed by atoms with Gasteiger partial charge in [-0.15, -0.1) is 11.3 Å². The summed E-state index contributed by atoms with van der Waals surface area (Å²) in [7, 11) is 3.31. The molecule has 0 fully saturated rings. The van der Waals surface area contributed by atoms with Crippen LogP contribution in [-0.2, 0) is 9.47 Å². The Kier molecular flexibility index (Phi) is 7.60.